The van der Waals surface area contributed by atoms with Crippen molar-refractivity contribution in [1.82, 2.24) is 4.98 Å². The molecule has 1 aliphatic rings. The molecule has 0 radical (unpaired) electrons. The van der Waals surface area contributed by atoms with E-state index >= 15 is 0 Å². The van der Waals surface area contributed by atoms with E-state index in [1.54, 1.807) is 0 Å². The van der Waals surface area contributed by atoms with E-state index < -0.39 is 32.1 Å². The summed E-state index contributed by atoms with van der Waals surface area (Å²) >= 11 is 0. The topological polar surface area (TPSA) is 42.2 Å². The molecule has 0 spiro atoms. The van der Waals surface area contributed by atoms with E-state index in [0.717, 1.165) is 18.3 Å². The van der Waals surface area contributed by atoms with Crippen molar-refractivity contribution in [3.05, 3.63) is 18.3 Å². The highest BCUT2D eigenvalue weighted by Gasteiger charge is 2.10. The average Bonchev–Trinajstić information content (AvgIpc) is 2.36. The molecule has 2 N–H and O–H groups in total. The zero-order valence-electron chi connectivity index (χ0n) is 16.7. The zero-order valence-corrected chi connectivity index (χ0v) is 6.70. The molecule has 1 aromatic rings. The summed E-state index contributed by atoms with van der Waals surface area (Å²) in [5, 5.41) is 0. The number of nitrogens with two attached hydrogens (primary N) is 1. The predicted molar refractivity (Wildman–Crippen MR) is 54.7 cm³/mol. The van der Waals surface area contributed by atoms with E-state index in [2.05, 4.69) is 4.98 Å². The fraction of sp³-hybridized carbons (Fsp3) is 0.500. The van der Waals surface area contributed by atoms with Crippen molar-refractivity contribution in [3.8, 4) is 0 Å². The third-order valence-electron chi connectivity index (χ3n) is 1.48. The second-order valence-electron chi connectivity index (χ2n) is 2.37. The van der Waals surface area contributed by atoms with E-state index in [-0.39, 0.29) is 16.4 Å². The SMILES string of the molecule is [2H]C1([2H])N(c2ccnc(N)c2)C([2H])([2H])C([2H])([2H])C([2H])([2H])C1([2H])[2H]. The number of anilines is 2. The maximum absolute atomic E-state index is 7.99. The van der Waals surface area contributed by atoms with Gasteiger partial charge in [-0.25, -0.2) is 4.98 Å². The van der Waals surface area contributed by atoms with Crippen LogP contribution in [0.2, 0.25) is 0 Å². The van der Waals surface area contributed by atoms with Gasteiger partial charge in [-0.3, -0.25) is 0 Å². The Kier molecular flexibility index (Phi) is 0.735. The van der Waals surface area contributed by atoms with Gasteiger partial charge in [0.05, 0.1) is 0 Å². The number of nitrogen functional groups attached to an aromatic ring is 1. The lowest BCUT2D eigenvalue weighted by molar-refractivity contribution is 0.578. The highest BCUT2D eigenvalue weighted by Crippen LogP contribution is 2.20. The van der Waals surface area contributed by atoms with Gasteiger partial charge in [-0.05, 0) is 25.2 Å². The normalized spacial score (nSPS) is 48.2. The molecule has 2 heterocycles. The van der Waals surface area contributed by atoms with Gasteiger partial charge in [0.1, 0.15) is 5.82 Å². The van der Waals surface area contributed by atoms with Crippen molar-refractivity contribution in [1.29, 1.82) is 0 Å². The minimum atomic E-state index is -3.43. The van der Waals surface area contributed by atoms with Gasteiger partial charge >= 0.3 is 0 Å². The second-order valence-corrected chi connectivity index (χ2v) is 2.37. The fourth-order valence-electron chi connectivity index (χ4n) is 0.932. The van der Waals surface area contributed by atoms with Crippen molar-refractivity contribution in [2.75, 3.05) is 23.6 Å². The van der Waals surface area contributed by atoms with Crippen LogP contribution in [0.1, 0.15) is 32.8 Å². The molecule has 0 atom stereocenters. The second kappa shape index (κ2) is 3.64. The molecule has 1 fully saturated rings. The maximum atomic E-state index is 7.99. The third-order valence-corrected chi connectivity index (χ3v) is 1.48. The molecule has 3 heteroatoms. The Morgan fingerprint density at radius 1 is 1.38 bits per heavy atom. The molecule has 0 unspecified atom stereocenters. The molecular formula is C10H15N3. The van der Waals surface area contributed by atoms with E-state index in [1.165, 1.54) is 0 Å². The molecule has 0 bridgehead atoms. The van der Waals surface area contributed by atoms with Crippen LogP contribution in [0.3, 0.4) is 0 Å². The summed E-state index contributed by atoms with van der Waals surface area (Å²) in [6, 6.07) is 2.22. The Hall–Kier alpha value is -1.25. The van der Waals surface area contributed by atoms with Crippen LogP contribution in [0.15, 0.2) is 18.3 Å². The lowest BCUT2D eigenvalue weighted by atomic mass is 10.1. The van der Waals surface area contributed by atoms with Gasteiger partial charge in [0.25, 0.3) is 0 Å². The summed E-state index contributed by atoms with van der Waals surface area (Å²) in [7, 11) is 0. The van der Waals surface area contributed by atoms with E-state index in [0.29, 0.717) is 0 Å². The number of nitrogens with zero attached hydrogens (tertiary/aromatic N) is 2. The van der Waals surface area contributed by atoms with Crippen LogP contribution in [-0.2, 0) is 0 Å². The molecule has 0 aromatic carbocycles. The van der Waals surface area contributed by atoms with Gasteiger partial charge in [0.15, 0.2) is 0 Å². The molecule has 1 aromatic heterocycles. The van der Waals surface area contributed by atoms with Crippen LogP contribution < -0.4 is 10.6 Å². The summed E-state index contributed by atoms with van der Waals surface area (Å²) in [6.07, 6.45) is -8.99. The molecule has 0 saturated carbocycles. The van der Waals surface area contributed by atoms with Crippen molar-refractivity contribution < 1.29 is 13.7 Å². The summed E-state index contributed by atoms with van der Waals surface area (Å²) in [4.78, 5) is 3.93. The van der Waals surface area contributed by atoms with Crippen LogP contribution >= 0.6 is 0 Å². The van der Waals surface area contributed by atoms with Crippen LogP contribution in [0, 0.1) is 0 Å². The van der Waals surface area contributed by atoms with Gasteiger partial charge in [-0.15, -0.1) is 0 Å². The van der Waals surface area contributed by atoms with Crippen LogP contribution in [-0.4, -0.2) is 18.0 Å². The number of hydrogen-bond donors (Lipinski definition) is 1. The molecule has 70 valence electrons. The van der Waals surface area contributed by atoms with E-state index in [1.807, 2.05) is 0 Å². The molecule has 0 aliphatic carbocycles. The van der Waals surface area contributed by atoms with Crippen molar-refractivity contribution in [3.63, 3.8) is 0 Å². The lowest BCUT2D eigenvalue weighted by Crippen LogP contribution is -2.29. The summed E-state index contributed by atoms with van der Waals surface area (Å²) < 4.78 is 78.7. The minimum Gasteiger partial charge on any atom is -0.384 e. The largest absolute Gasteiger partial charge is 0.384 e. The first kappa shape index (κ1) is 2.62. The Bertz CT molecular complexity index is 599. The third kappa shape index (κ3) is 1.91. The van der Waals surface area contributed by atoms with Gasteiger partial charge < -0.3 is 10.6 Å². The number of pyridine rings is 1. The highest BCUT2D eigenvalue weighted by molar-refractivity contribution is 5.52. The molecule has 13 heavy (non-hydrogen) atoms. The minimum absolute atomic E-state index is 0.0937. The summed E-state index contributed by atoms with van der Waals surface area (Å²) in [6.45, 7) is -6.39. The van der Waals surface area contributed by atoms with Crippen molar-refractivity contribution in [2.45, 2.75) is 19.1 Å². The Morgan fingerprint density at radius 2 is 2.15 bits per heavy atom. The molecular weight excluding hydrogens is 162 g/mol. The standard InChI is InChI=1S/C10H15N3/c11-10-8-9(4-5-12-10)13-6-2-1-3-7-13/h4-5,8H,1-3,6-7H2,(H2,11,12)/i1D2,2D2,3D2,6D2,7D2. The van der Waals surface area contributed by atoms with E-state index in [9.17, 15) is 0 Å². The summed E-state index contributed by atoms with van der Waals surface area (Å²) in [5.41, 5.74) is 5.25. The number of hydrogen-bond acceptors (Lipinski definition) is 3. The van der Waals surface area contributed by atoms with Crippen LogP contribution in [0.25, 0.3) is 0 Å². The van der Waals surface area contributed by atoms with Crippen LogP contribution in [0.5, 0.6) is 0 Å². The quantitative estimate of drug-likeness (QED) is 0.727. The Balaban J connectivity index is 2.80. The van der Waals surface area contributed by atoms with Gasteiger partial charge in [-0.1, -0.05) is 0 Å². The zero-order chi connectivity index (χ0) is 18.1. The van der Waals surface area contributed by atoms with Gasteiger partial charge in [0, 0.05) is 44.7 Å². The van der Waals surface area contributed by atoms with E-state index in [4.69, 9.17) is 19.4 Å². The first-order valence-corrected chi connectivity index (χ1v) is 3.64. The molecule has 1 saturated heterocycles. The van der Waals surface area contributed by atoms with Gasteiger partial charge in [0.2, 0.25) is 0 Å². The first-order chi connectivity index (χ1) is 10.1. The Morgan fingerprint density at radius 3 is 2.85 bits per heavy atom. The number of rotatable bonds is 1. The fourth-order valence-corrected chi connectivity index (χ4v) is 0.932. The molecule has 2 rings (SSSR count). The number of aromatic nitrogens is 1. The average molecular weight is 187 g/mol. The molecule has 0 amide bonds. The Labute approximate surface area is 92.6 Å². The smallest absolute Gasteiger partial charge is 0.125 e. The monoisotopic (exact) mass is 187 g/mol. The summed E-state index contributed by atoms with van der Waals surface area (Å²) in [5.74, 6) is -0.0937. The van der Waals surface area contributed by atoms with Crippen molar-refractivity contribution >= 4 is 11.5 Å². The molecule has 1 aliphatic heterocycles. The first-order valence-electron chi connectivity index (χ1n) is 8.64. The number of piperidine rings is 1. The van der Waals surface area contributed by atoms with Crippen LogP contribution in [0.4, 0.5) is 11.5 Å². The maximum Gasteiger partial charge on any atom is 0.125 e. The predicted octanol–water partition coefficient (Wildman–Crippen LogP) is 1.65. The van der Waals surface area contributed by atoms with Crippen molar-refractivity contribution in [2.24, 2.45) is 0 Å². The molecule has 3 nitrogen and oxygen atoms in total. The van der Waals surface area contributed by atoms with Gasteiger partial charge in [-0.2, -0.15) is 0 Å². The lowest BCUT2D eigenvalue weighted by Gasteiger charge is -2.28. The highest BCUT2D eigenvalue weighted by atomic mass is 15.1.